The molecular formula is C14H12Cl3NO. The Morgan fingerprint density at radius 2 is 1.79 bits per heavy atom. The second kappa shape index (κ2) is 6.38. The van der Waals surface area contributed by atoms with E-state index in [-0.39, 0.29) is 0 Å². The summed E-state index contributed by atoms with van der Waals surface area (Å²) in [6.45, 7) is 0.542. The minimum Gasteiger partial charge on any atom is -0.496 e. The third kappa shape index (κ3) is 3.47. The molecule has 0 aliphatic rings. The molecule has 0 fully saturated rings. The molecule has 0 unspecified atom stereocenters. The molecule has 0 heterocycles. The van der Waals surface area contributed by atoms with Gasteiger partial charge in [-0.2, -0.15) is 0 Å². The molecule has 0 amide bonds. The van der Waals surface area contributed by atoms with E-state index in [1.807, 2.05) is 24.3 Å². The first-order chi connectivity index (χ1) is 9.11. The van der Waals surface area contributed by atoms with E-state index in [4.69, 9.17) is 39.5 Å². The predicted molar refractivity (Wildman–Crippen MR) is 81.8 cm³/mol. The topological polar surface area (TPSA) is 21.3 Å². The Kier molecular flexibility index (Phi) is 4.81. The van der Waals surface area contributed by atoms with Crippen molar-refractivity contribution in [3.8, 4) is 5.75 Å². The molecule has 19 heavy (non-hydrogen) atoms. The zero-order chi connectivity index (χ0) is 13.8. The number of hydrogen-bond donors (Lipinski definition) is 1. The van der Waals surface area contributed by atoms with Crippen molar-refractivity contribution < 1.29 is 4.74 Å². The number of halogens is 3. The fourth-order valence-electron chi connectivity index (χ4n) is 1.70. The van der Waals surface area contributed by atoms with E-state index < -0.39 is 0 Å². The van der Waals surface area contributed by atoms with Crippen LogP contribution in [0.25, 0.3) is 0 Å². The van der Waals surface area contributed by atoms with Crippen LogP contribution in [0.5, 0.6) is 5.75 Å². The predicted octanol–water partition coefficient (Wildman–Crippen LogP) is 5.27. The van der Waals surface area contributed by atoms with Crippen molar-refractivity contribution in [1.82, 2.24) is 0 Å². The van der Waals surface area contributed by atoms with Crippen LogP contribution in [-0.2, 0) is 6.54 Å². The molecule has 1 N–H and O–H groups in total. The fraction of sp³-hybridized carbons (Fsp3) is 0.143. The van der Waals surface area contributed by atoms with E-state index in [0.29, 0.717) is 21.6 Å². The molecule has 0 aromatic heterocycles. The number of nitrogens with one attached hydrogen (secondary N) is 1. The van der Waals surface area contributed by atoms with Crippen molar-refractivity contribution in [2.45, 2.75) is 6.54 Å². The summed E-state index contributed by atoms with van der Waals surface area (Å²) in [5.41, 5.74) is 1.77. The normalized spacial score (nSPS) is 10.3. The lowest BCUT2D eigenvalue weighted by Crippen LogP contribution is -2.02. The van der Waals surface area contributed by atoms with Crippen molar-refractivity contribution in [3.05, 3.63) is 57.0 Å². The lowest BCUT2D eigenvalue weighted by atomic mass is 10.2. The van der Waals surface area contributed by atoms with Gasteiger partial charge in [-0.15, -0.1) is 0 Å². The molecule has 0 spiro atoms. The molecule has 2 aromatic carbocycles. The van der Waals surface area contributed by atoms with Crippen LogP contribution in [-0.4, -0.2) is 7.11 Å². The van der Waals surface area contributed by atoms with Crippen LogP contribution in [0.2, 0.25) is 15.1 Å². The molecule has 2 aromatic rings. The summed E-state index contributed by atoms with van der Waals surface area (Å²) in [6.07, 6.45) is 0. The van der Waals surface area contributed by atoms with Crippen molar-refractivity contribution in [1.29, 1.82) is 0 Å². The highest BCUT2D eigenvalue weighted by molar-refractivity contribution is 6.42. The third-order valence-electron chi connectivity index (χ3n) is 2.68. The maximum atomic E-state index is 6.16. The van der Waals surface area contributed by atoms with E-state index in [0.717, 1.165) is 17.0 Å². The van der Waals surface area contributed by atoms with E-state index in [1.54, 1.807) is 19.2 Å². The molecule has 0 aliphatic carbocycles. The van der Waals surface area contributed by atoms with Gasteiger partial charge in [0.2, 0.25) is 0 Å². The SMILES string of the molecule is COc1cccc(Cl)c1CNc1ccc(Cl)c(Cl)c1. The summed E-state index contributed by atoms with van der Waals surface area (Å²) in [6, 6.07) is 10.9. The maximum absolute atomic E-state index is 6.16. The summed E-state index contributed by atoms with van der Waals surface area (Å²) in [4.78, 5) is 0. The Hall–Kier alpha value is -1.09. The Balaban J connectivity index is 2.16. The van der Waals surface area contributed by atoms with Gasteiger partial charge < -0.3 is 10.1 Å². The molecule has 5 heteroatoms. The first-order valence-corrected chi connectivity index (χ1v) is 6.75. The highest BCUT2D eigenvalue weighted by Gasteiger charge is 2.07. The summed E-state index contributed by atoms with van der Waals surface area (Å²) in [7, 11) is 1.62. The number of ether oxygens (including phenoxy) is 1. The Morgan fingerprint density at radius 3 is 2.47 bits per heavy atom. The zero-order valence-electron chi connectivity index (χ0n) is 10.2. The average molecular weight is 317 g/mol. The molecule has 2 nitrogen and oxygen atoms in total. The van der Waals surface area contributed by atoms with Gasteiger partial charge in [-0.1, -0.05) is 40.9 Å². The molecule has 2 rings (SSSR count). The van der Waals surface area contributed by atoms with Crippen molar-refractivity contribution in [2.24, 2.45) is 0 Å². The number of methoxy groups -OCH3 is 1. The van der Waals surface area contributed by atoms with Crippen LogP contribution in [0, 0.1) is 0 Å². The molecule has 0 aliphatic heterocycles. The summed E-state index contributed by atoms with van der Waals surface area (Å²) in [5.74, 6) is 0.750. The highest BCUT2D eigenvalue weighted by atomic mass is 35.5. The third-order valence-corrected chi connectivity index (χ3v) is 3.78. The number of anilines is 1. The minimum atomic E-state index is 0.512. The minimum absolute atomic E-state index is 0.512. The molecular weight excluding hydrogens is 305 g/mol. The summed E-state index contributed by atoms with van der Waals surface area (Å²) < 4.78 is 5.29. The fourth-order valence-corrected chi connectivity index (χ4v) is 2.23. The van der Waals surface area contributed by atoms with Gasteiger partial charge in [-0.05, 0) is 30.3 Å². The molecule has 0 saturated heterocycles. The van der Waals surface area contributed by atoms with Gasteiger partial charge in [0.25, 0.3) is 0 Å². The monoisotopic (exact) mass is 315 g/mol. The Morgan fingerprint density at radius 1 is 1.00 bits per heavy atom. The van der Waals surface area contributed by atoms with Gasteiger partial charge in [0.1, 0.15) is 5.75 Å². The number of rotatable bonds is 4. The van der Waals surface area contributed by atoms with Crippen LogP contribution >= 0.6 is 34.8 Å². The van der Waals surface area contributed by atoms with Crippen LogP contribution in [0.3, 0.4) is 0 Å². The molecule has 0 radical (unpaired) electrons. The lowest BCUT2D eigenvalue weighted by Gasteiger charge is -2.12. The van der Waals surface area contributed by atoms with Crippen molar-refractivity contribution in [2.75, 3.05) is 12.4 Å². The van der Waals surface area contributed by atoms with Crippen LogP contribution in [0.15, 0.2) is 36.4 Å². The van der Waals surface area contributed by atoms with E-state index in [1.165, 1.54) is 0 Å². The van der Waals surface area contributed by atoms with Gasteiger partial charge in [-0.3, -0.25) is 0 Å². The molecule has 0 bridgehead atoms. The van der Waals surface area contributed by atoms with Gasteiger partial charge in [0, 0.05) is 22.8 Å². The first kappa shape index (κ1) is 14.3. The van der Waals surface area contributed by atoms with E-state index >= 15 is 0 Å². The summed E-state index contributed by atoms with van der Waals surface area (Å²) >= 11 is 18.0. The van der Waals surface area contributed by atoms with E-state index in [2.05, 4.69) is 5.32 Å². The van der Waals surface area contributed by atoms with Crippen LogP contribution < -0.4 is 10.1 Å². The van der Waals surface area contributed by atoms with Gasteiger partial charge >= 0.3 is 0 Å². The molecule has 0 atom stereocenters. The summed E-state index contributed by atoms with van der Waals surface area (Å²) in [5, 5.41) is 4.94. The molecule has 100 valence electrons. The Bertz CT molecular complexity index is 587. The highest BCUT2D eigenvalue weighted by Crippen LogP contribution is 2.29. The van der Waals surface area contributed by atoms with Crippen molar-refractivity contribution in [3.63, 3.8) is 0 Å². The first-order valence-electron chi connectivity index (χ1n) is 5.62. The van der Waals surface area contributed by atoms with Crippen LogP contribution in [0.4, 0.5) is 5.69 Å². The Labute approximate surface area is 127 Å². The van der Waals surface area contributed by atoms with Crippen LogP contribution in [0.1, 0.15) is 5.56 Å². The van der Waals surface area contributed by atoms with Gasteiger partial charge in [0.15, 0.2) is 0 Å². The number of hydrogen-bond acceptors (Lipinski definition) is 2. The van der Waals surface area contributed by atoms with Crippen molar-refractivity contribution >= 4 is 40.5 Å². The molecule has 0 saturated carbocycles. The van der Waals surface area contributed by atoms with E-state index in [9.17, 15) is 0 Å². The zero-order valence-corrected chi connectivity index (χ0v) is 12.5. The largest absolute Gasteiger partial charge is 0.496 e. The number of benzene rings is 2. The average Bonchev–Trinajstić information content (AvgIpc) is 2.41. The lowest BCUT2D eigenvalue weighted by molar-refractivity contribution is 0.410. The second-order valence-corrected chi connectivity index (χ2v) is 5.12. The quantitative estimate of drug-likeness (QED) is 0.830. The smallest absolute Gasteiger partial charge is 0.125 e. The van der Waals surface area contributed by atoms with Gasteiger partial charge in [-0.25, -0.2) is 0 Å². The standard InChI is InChI=1S/C14H12Cl3NO/c1-19-14-4-2-3-11(15)10(14)8-18-9-5-6-12(16)13(17)7-9/h2-7,18H,8H2,1H3. The second-order valence-electron chi connectivity index (χ2n) is 3.90. The maximum Gasteiger partial charge on any atom is 0.125 e. The van der Waals surface area contributed by atoms with Gasteiger partial charge in [0.05, 0.1) is 17.2 Å².